The van der Waals surface area contributed by atoms with Gasteiger partial charge >= 0.3 is 0 Å². The maximum Gasteiger partial charge on any atom is 0.256 e. The van der Waals surface area contributed by atoms with Gasteiger partial charge in [-0.3, -0.25) is 4.40 Å². The lowest BCUT2D eigenvalue weighted by Crippen LogP contribution is -2.00. The largest absolute Gasteiger partial charge is 0.341 e. The molecular formula is C12H10FN5. The zero-order valence-electron chi connectivity index (χ0n) is 9.63. The van der Waals surface area contributed by atoms with Crippen LogP contribution in [0.4, 0.5) is 15.9 Å². The third kappa shape index (κ3) is 1.88. The van der Waals surface area contributed by atoms with Gasteiger partial charge in [0, 0.05) is 17.4 Å². The number of fused-ring (bicyclic) bond motifs is 1. The van der Waals surface area contributed by atoms with Crippen molar-refractivity contribution in [2.75, 3.05) is 5.32 Å². The summed E-state index contributed by atoms with van der Waals surface area (Å²) in [6.07, 6.45) is 1.58. The van der Waals surface area contributed by atoms with E-state index in [-0.39, 0.29) is 5.82 Å². The van der Waals surface area contributed by atoms with E-state index in [0.29, 0.717) is 5.78 Å². The van der Waals surface area contributed by atoms with Gasteiger partial charge in [0.15, 0.2) is 0 Å². The lowest BCUT2D eigenvalue weighted by atomic mass is 10.3. The molecule has 0 unspecified atom stereocenters. The Kier molecular flexibility index (Phi) is 2.40. The van der Waals surface area contributed by atoms with Crippen molar-refractivity contribution in [1.29, 1.82) is 0 Å². The SMILES string of the molecule is Cc1cc(Nc2ccc(F)cc2)n2cnnc2n1. The normalized spacial score (nSPS) is 10.8. The summed E-state index contributed by atoms with van der Waals surface area (Å²) in [5.41, 5.74) is 1.62. The van der Waals surface area contributed by atoms with E-state index < -0.39 is 0 Å². The second-order valence-electron chi connectivity index (χ2n) is 3.92. The predicted molar refractivity (Wildman–Crippen MR) is 65.2 cm³/mol. The zero-order valence-corrected chi connectivity index (χ0v) is 9.63. The van der Waals surface area contributed by atoms with Crippen LogP contribution in [-0.4, -0.2) is 19.6 Å². The predicted octanol–water partition coefficient (Wildman–Crippen LogP) is 2.32. The molecule has 0 spiro atoms. The monoisotopic (exact) mass is 243 g/mol. The lowest BCUT2D eigenvalue weighted by molar-refractivity contribution is 0.628. The third-order valence-electron chi connectivity index (χ3n) is 2.53. The number of rotatable bonds is 2. The van der Waals surface area contributed by atoms with Crippen molar-refractivity contribution in [1.82, 2.24) is 19.6 Å². The highest BCUT2D eigenvalue weighted by Crippen LogP contribution is 2.18. The first kappa shape index (κ1) is 10.6. The first-order valence-corrected chi connectivity index (χ1v) is 5.42. The summed E-state index contributed by atoms with van der Waals surface area (Å²) in [5, 5.41) is 10.9. The topological polar surface area (TPSA) is 55.1 Å². The lowest BCUT2D eigenvalue weighted by Gasteiger charge is -2.08. The molecule has 0 bridgehead atoms. The van der Waals surface area contributed by atoms with E-state index in [9.17, 15) is 4.39 Å². The Morgan fingerprint density at radius 3 is 2.78 bits per heavy atom. The van der Waals surface area contributed by atoms with E-state index in [0.717, 1.165) is 17.2 Å². The van der Waals surface area contributed by atoms with Gasteiger partial charge in [-0.05, 0) is 31.2 Å². The number of nitrogens with zero attached hydrogens (tertiary/aromatic N) is 4. The minimum atomic E-state index is -0.263. The molecule has 6 heteroatoms. The van der Waals surface area contributed by atoms with Crippen LogP contribution in [0.25, 0.3) is 5.78 Å². The van der Waals surface area contributed by atoms with Crippen LogP contribution in [0.3, 0.4) is 0 Å². The molecule has 3 rings (SSSR count). The fourth-order valence-corrected chi connectivity index (χ4v) is 1.71. The molecule has 0 fully saturated rings. The fourth-order valence-electron chi connectivity index (χ4n) is 1.71. The smallest absolute Gasteiger partial charge is 0.256 e. The van der Waals surface area contributed by atoms with Gasteiger partial charge in [0.1, 0.15) is 18.0 Å². The maximum absolute atomic E-state index is 12.8. The van der Waals surface area contributed by atoms with Crippen LogP contribution in [0.15, 0.2) is 36.7 Å². The molecule has 1 aromatic carbocycles. The highest BCUT2D eigenvalue weighted by molar-refractivity contribution is 5.58. The molecule has 90 valence electrons. The summed E-state index contributed by atoms with van der Waals surface area (Å²) in [6.45, 7) is 1.88. The van der Waals surface area contributed by atoms with Crippen LogP contribution in [-0.2, 0) is 0 Å². The Morgan fingerprint density at radius 1 is 1.22 bits per heavy atom. The molecule has 2 heterocycles. The van der Waals surface area contributed by atoms with E-state index in [1.54, 1.807) is 22.9 Å². The Bertz CT molecular complexity index is 689. The van der Waals surface area contributed by atoms with E-state index in [4.69, 9.17) is 0 Å². The summed E-state index contributed by atoms with van der Waals surface area (Å²) in [4.78, 5) is 4.24. The molecule has 0 aliphatic rings. The summed E-state index contributed by atoms with van der Waals surface area (Å²) in [5.74, 6) is 1.05. The van der Waals surface area contributed by atoms with Crippen molar-refractivity contribution in [3.63, 3.8) is 0 Å². The van der Waals surface area contributed by atoms with Crippen LogP contribution < -0.4 is 5.32 Å². The van der Waals surface area contributed by atoms with Crippen molar-refractivity contribution in [3.8, 4) is 0 Å². The molecule has 0 amide bonds. The molecule has 2 aromatic heterocycles. The summed E-state index contributed by atoms with van der Waals surface area (Å²) in [7, 11) is 0. The molecule has 0 saturated carbocycles. The van der Waals surface area contributed by atoms with Gasteiger partial charge in [-0.2, -0.15) is 0 Å². The molecule has 0 aliphatic carbocycles. The second kappa shape index (κ2) is 4.06. The molecule has 0 saturated heterocycles. The molecule has 0 radical (unpaired) electrons. The van der Waals surface area contributed by atoms with Crippen molar-refractivity contribution in [2.24, 2.45) is 0 Å². The van der Waals surface area contributed by atoms with Crippen molar-refractivity contribution in [2.45, 2.75) is 6.92 Å². The Labute approximate surface area is 102 Å². The van der Waals surface area contributed by atoms with Gasteiger partial charge in [0.05, 0.1) is 0 Å². The van der Waals surface area contributed by atoms with Gasteiger partial charge in [0.25, 0.3) is 5.78 Å². The number of aromatic nitrogens is 4. The van der Waals surface area contributed by atoms with Crippen molar-refractivity contribution >= 4 is 17.3 Å². The van der Waals surface area contributed by atoms with Crippen molar-refractivity contribution < 1.29 is 4.39 Å². The van der Waals surface area contributed by atoms with Gasteiger partial charge in [-0.15, -0.1) is 10.2 Å². The number of hydrogen-bond acceptors (Lipinski definition) is 4. The van der Waals surface area contributed by atoms with E-state index in [2.05, 4.69) is 20.5 Å². The van der Waals surface area contributed by atoms with E-state index in [1.165, 1.54) is 12.1 Å². The molecule has 18 heavy (non-hydrogen) atoms. The number of hydrogen-bond donors (Lipinski definition) is 1. The second-order valence-corrected chi connectivity index (χ2v) is 3.92. The number of nitrogens with one attached hydrogen (secondary N) is 1. The highest BCUT2D eigenvalue weighted by Gasteiger charge is 2.05. The van der Waals surface area contributed by atoms with Crippen LogP contribution in [0.2, 0.25) is 0 Å². The van der Waals surface area contributed by atoms with Gasteiger partial charge < -0.3 is 5.32 Å². The van der Waals surface area contributed by atoms with Crippen LogP contribution in [0.5, 0.6) is 0 Å². The average Bonchev–Trinajstić information content (AvgIpc) is 2.80. The molecule has 1 N–H and O–H groups in total. The standard InChI is InChI=1S/C12H10FN5/c1-8-6-11(18-7-14-17-12(18)15-8)16-10-4-2-9(13)3-5-10/h2-7,16H,1H3. The highest BCUT2D eigenvalue weighted by atomic mass is 19.1. The number of anilines is 2. The van der Waals surface area contributed by atoms with E-state index in [1.807, 2.05) is 13.0 Å². The molecule has 0 aliphatic heterocycles. The number of aryl methyl sites for hydroxylation is 1. The summed E-state index contributed by atoms with van der Waals surface area (Å²) >= 11 is 0. The Balaban J connectivity index is 2.03. The minimum absolute atomic E-state index is 0.263. The average molecular weight is 243 g/mol. The number of halogens is 1. The first-order chi connectivity index (χ1) is 8.72. The van der Waals surface area contributed by atoms with Crippen LogP contribution in [0, 0.1) is 12.7 Å². The van der Waals surface area contributed by atoms with Crippen LogP contribution >= 0.6 is 0 Å². The van der Waals surface area contributed by atoms with E-state index >= 15 is 0 Å². The maximum atomic E-state index is 12.8. The molecule has 5 nitrogen and oxygen atoms in total. The van der Waals surface area contributed by atoms with Gasteiger partial charge in [0.2, 0.25) is 0 Å². The molecule has 3 aromatic rings. The fraction of sp³-hybridized carbons (Fsp3) is 0.0833. The zero-order chi connectivity index (χ0) is 12.5. The van der Waals surface area contributed by atoms with Crippen molar-refractivity contribution in [3.05, 3.63) is 48.2 Å². The quantitative estimate of drug-likeness (QED) is 0.750. The van der Waals surface area contributed by atoms with Crippen LogP contribution in [0.1, 0.15) is 5.69 Å². The van der Waals surface area contributed by atoms with Gasteiger partial charge in [-0.25, -0.2) is 9.37 Å². The minimum Gasteiger partial charge on any atom is -0.341 e. The third-order valence-corrected chi connectivity index (χ3v) is 2.53. The Morgan fingerprint density at radius 2 is 2.00 bits per heavy atom. The molecule has 0 atom stereocenters. The number of benzene rings is 1. The molecular weight excluding hydrogens is 233 g/mol. The first-order valence-electron chi connectivity index (χ1n) is 5.42. The van der Waals surface area contributed by atoms with Gasteiger partial charge in [-0.1, -0.05) is 0 Å². The summed E-state index contributed by atoms with van der Waals surface area (Å²) < 4.78 is 14.6. The Hall–Kier alpha value is -2.50. The summed E-state index contributed by atoms with van der Waals surface area (Å²) in [6, 6.07) is 8.02.